The summed E-state index contributed by atoms with van der Waals surface area (Å²) in [5, 5.41) is 0. The van der Waals surface area contributed by atoms with Gasteiger partial charge in [-0.05, 0) is 55.4 Å². The van der Waals surface area contributed by atoms with Crippen molar-refractivity contribution in [1.82, 2.24) is 0 Å². The molecule has 1 nitrogen and oxygen atoms in total. The largest absolute Gasteiger partial charge is 0.294 e. The molecule has 0 aromatic heterocycles. The molecule has 1 aromatic carbocycles. The second-order valence-electron chi connectivity index (χ2n) is 5.17. The second-order valence-corrected chi connectivity index (χ2v) is 5.17. The Morgan fingerprint density at radius 1 is 1.25 bits per heavy atom. The summed E-state index contributed by atoms with van der Waals surface area (Å²) in [7, 11) is 0. The summed E-state index contributed by atoms with van der Waals surface area (Å²) in [6.07, 6.45) is 3.64. The molecule has 3 rings (SSSR count). The molecule has 16 heavy (non-hydrogen) atoms. The standard InChI is InChI=1S/C14H15FO/c1-8-5-9(7-10(15)6-8)14(16)13-11-3-2-4-12(11)13/h5-7,11-13H,2-4H2,1H3. The van der Waals surface area contributed by atoms with Crippen molar-refractivity contribution in [1.29, 1.82) is 0 Å². The predicted molar refractivity (Wildman–Crippen MR) is 59.8 cm³/mol. The number of rotatable bonds is 2. The van der Waals surface area contributed by atoms with Crippen LogP contribution >= 0.6 is 0 Å². The lowest BCUT2D eigenvalue weighted by Crippen LogP contribution is -2.07. The van der Waals surface area contributed by atoms with Crippen LogP contribution in [0.15, 0.2) is 18.2 Å². The van der Waals surface area contributed by atoms with Gasteiger partial charge >= 0.3 is 0 Å². The van der Waals surface area contributed by atoms with Crippen LogP contribution in [0.1, 0.15) is 35.2 Å². The van der Waals surface area contributed by atoms with Crippen molar-refractivity contribution >= 4 is 5.78 Å². The van der Waals surface area contributed by atoms with E-state index in [0.29, 0.717) is 17.4 Å². The van der Waals surface area contributed by atoms with Crippen LogP contribution in [-0.4, -0.2) is 5.78 Å². The first kappa shape index (κ1) is 10.0. The fraction of sp³-hybridized carbons (Fsp3) is 0.500. The van der Waals surface area contributed by atoms with E-state index in [1.54, 1.807) is 6.07 Å². The number of benzene rings is 1. The molecule has 84 valence electrons. The van der Waals surface area contributed by atoms with Crippen LogP contribution in [0.2, 0.25) is 0 Å². The molecule has 2 aliphatic carbocycles. The van der Waals surface area contributed by atoms with Crippen molar-refractivity contribution in [3.63, 3.8) is 0 Å². The SMILES string of the molecule is Cc1cc(F)cc(C(=O)C2C3CCCC32)c1. The smallest absolute Gasteiger partial charge is 0.166 e. The van der Waals surface area contributed by atoms with Gasteiger partial charge in [0.1, 0.15) is 5.82 Å². The first-order valence-electron chi connectivity index (χ1n) is 5.98. The van der Waals surface area contributed by atoms with Crippen LogP contribution < -0.4 is 0 Å². The minimum absolute atomic E-state index is 0.164. The normalized spacial score (nSPS) is 31.2. The predicted octanol–water partition coefficient (Wildman–Crippen LogP) is 3.36. The lowest BCUT2D eigenvalue weighted by Gasteiger charge is -2.04. The lowest BCUT2D eigenvalue weighted by atomic mass is 10.00. The van der Waals surface area contributed by atoms with Crippen LogP contribution in [0, 0.1) is 30.5 Å². The number of Topliss-reactive ketones (excluding diaryl/α,β-unsaturated/α-hetero) is 1. The molecule has 0 N–H and O–H groups in total. The molecule has 0 spiro atoms. The monoisotopic (exact) mass is 218 g/mol. The highest BCUT2D eigenvalue weighted by molar-refractivity contribution is 6.00. The van der Waals surface area contributed by atoms with Gasteiger partial charge in [-0.2, -0.15) is 0 Å². The third-order valence-corrected chi connectivity index (χ3v) is 4.04. The van der Waals surface area contributed by atoms with E-state index in [1.807, 2.05) is 6.92 Å². The van der Waals surface area contributed by atoms with Crippen molar-refractivity contribution in [3.8, 4) is 0 Å². The summed E-state index contributed by atoms with van der Waals surface area (Å²) in [4.78, 5) is 12.2. The fourth-order valence-corrected chi connectivity index (χ4v) is 3.28. The first-order valence-corrected chi connectivity index (χ1v) is 5.98. The van der Waals surface area contributed by atoms with Gasteiger partial charge < -0.3 is 0 Å². The second kappa shape index (κ2) is 3.41. The maximum absolute atomic E-state index is 13.2. The molecule has 2 unspecified atom stereocenters. The van der Waals surface area contributed by atoms with E-state index >= 15 is 0 Å². The molecule has 2 saturated carbocycles. The van der Waals surface area contributed by atoms with Crippen LogP contribution in [0.4, 0.5) is 4.39 Å². The lowest BCUT2D eigenvalue weighted by molar-refractivity contribution is 0.0951. The van der Waals surface area contributed by atoms with E-state index in [9.17, 15) is 9.18 Å². The quantitative estimate of drug-likeness (QED) is 0.695. The Hall–Kier alpha value is -1.18. The minimum Gasteiger partial charge on any atom is -0.294 e. The van der Waals surface area contributed by atoms with Gasteiger partial charge in [0.2, 0.25) is 0 Å². The number of fused-ring (bicyclic) bond motifs is 1. The van der Waals surface area contributed by atoms with E-state index < -0.39 is 0 Å². The molecule has 0 bridgehead atoms. The van der Waals surface area contributed by atoms with Gasteiger partial charge in [-0.1, -0.05) is 6.42 Å². The molecule has 0 heterocycles. The molecule has 0 aliphatic heterocycles. The van der Waals surface area contributed by atoms with Gasteiger partial charge in [-0.25, -0.2) is 4.39 Å². The highest BCUT2D eigenvalue weighted by atomic mass is 19.1. The third-order valence-electron chi connectivity index (χ3n) is 4.04. The van der Waals surface area contributed by atoms with E-state index in [1.165, 1.54) is 31.4 Å². The topological polar surface area (TPSA) is 17.1 Å². The van der Waals surface area contributed by atoms with Crippen LogP contribution in [-0.2, 0) is 0 Å². The molecule has 0 amide bonds. The van der Waals surface area contributed by atoms with Crippen molar-refractivity contribution in [2.75, 3.05) is 0 Å². The summed E-state index contributed by atoms with van der Waals surface area (Å²) in [6.45, 7) is 1.83. The van der Waals surface area contributed by atoms with Crippen LogP contribution in [0.3, 0.4) is 0 Å². The number of hydrogen-bond acceptors (Lipinski definition) is 1. The highest BCUT2D eigenvalue weighted by Crippen LogP contribution is 2.58. The van der Waals surface area contributed by atoms with Crippen molar-refractivity contribution in [2.45, 2.75) is 26.2 Å². The summed E-state index contributed by atoms with van der Waals surface area (Å²) in [5.41, 5.74) is 1.39. The molecule has 2 atom stereocenters. The molecule has 2 heteroatoms. The van der Waals surface area contributed by atoms with Gasteiger partial charge in [0, 0.05) is 11.5 Å². The Bertz CT molecular complexity index is 422. The molecule has 2 aliphatic rings. The molecule has 0 saturated heterocycles. The van der Waals surface area contributed by atoms with E-state index in [-0.39, 0.29) is 17.5 Å². The molecule has 1 aromatic rings. The number of carbonyl (C=O) groups excluding carboxylic acids is 1. The van der Waals surface area contributed by atoms with Crippen LogP contribution in [0.25, 0.3) is 0 Å². The number of ketones is 1. The number of aryl methyl sites for hydroxylation is 1. The zero-order valence-corrected chi connectivity index (χ0v) is 9.37. The number of halogens is 1. The summed E-state index contributed by atoms with van der Waals surface area (Å²) in [6, 6.07) is 4.65. The van der Waals surface area contributed by atoms with Gasteiger partial charge in [-0.3, -0.25) is 4.79 Å². The summed E-state index contributed by atoms with van der Waals surface area (Å²) >= 11 is 0. The highest BCUT2D eigenvalue weighted by Gasteiger charge is 2.56. The van der Waals surface area contributed by atoms with Crippen molar-refractivity contribution in [2.24, 2.45) is 17.8 Å². The minimum atomic E-state index is -0.297. The Kier molecular flexibility index (Phi) is 2.13. The molecule has 2 fully saturated rings. The summed E-state index contributed by atoms with van der Waals surface area (Å²) < 4.78 is 13.2. The van der Waals surface area contributed by atoms with E-state index in [4.69, 9.17) is 0 Å². The molecular weight excluding hydrogens is 203 g/mol. The Morgan fingerprint density at radius 2 is 1.94 bits per heavy atom. The van der Waals surface area contributed by atoms with Gasteiger partial charge in [-0.15, -0.1) is 0 Å². The Morgan fingerprint density at radius 3 is 2.56 bits per heavy atom. The molecule has 0 radical (unpaired) electrons. The Balaban J connectivity index is 1.84. The zero-order valence-electron chi connectivity index (χ0n) is 9.37. The number of carbonyl (C=O) groups is 1. The summed E-state index contributed by atoms with van der Waals surface area (Å²) in [5.74, 6) is 1.29. The maximum atomic E-state index is 13.2. The number of hydrogen-bond donors (Lipinski definition) is 0. The average molecular weight is 218 g/mol. The van der Waals surface area contributed by atoms with Crippen LogP contribution in [0.5, 0.6) is 0 Å². The van der Waals surface area contributed by atoms with Gasteiger partial charge in [0.15, 0.2) is 5.78 Å². The van der Waals surface area contributed by atoms with Crippen molar-refractivity contribution in [3.05, 3.63) is 35.1 Å². The van der Waals surface area contributed by atoms with Crippen molar-refractivity contribution < 1.29 is 9.18 Å². The average Bonchev–Trinajstić information content (AvgIpc) is 2.68. The van der Waals surface area contributed by atoms with E-state index in [2.05, 4.69) is 0 Å². The fourth-order valence-electron chi connectivity index (χ4n) is 3.28. The Labute approximate surface area is 94.7 Å². The van der Waals surface area contributed by atoms with Gasteiger partial charge in [0.05, 0.1) is 0 Å². The zero-order chi connectivity index (χ0) is 11.3. The maximum Gasteiger partial charge on any atom is 0.166 e. The third kappa shape index (κ3) is 1.48. The first-order chi connectivity index (χ1) is 7.66. The van der Waals surface area contributed by atoms with Gasteiger partial charge in [0.25, 0.3) is 0 Å². The molecular formula is C14H15FO. The van der Waals surface area contributed by atoms with E-state index in [0.717, 1.165) is 5.56 Å².